The fourth-order valence-electron chi connectivity index (χ4n) is 0.0267. The lowest BCUT2D eigenvalue weighted by Gasteiger charge is -1.81. The minimum Gasteiger partial charge on any atom is -0.409 e. The molecule has 0 bridgehead atoms. The maximum Gasteiger partial charge on any atom is 0.154 e. The predicted octanol–water partition coefficient (Wildman–Crippen LogP) is 0.393. The van der Waals surface area contributed by atoms with Gasteiger partial charge in [0.25, 0.3) is 0 Å². The molecule has 0 aliphatic rings. The minimum atomic E-state index is 0. The van der Waals surface area contributed by atoms with Gasteiger partial charge in [0.05, 0.1) is 5.88 Å². The van der Waals surface area contributed by atoms with Crippen LogP contribution >= 0.6 is 24.0 Å². The largest absolute Gasteiger partial charge is 0.409 e. The molecule has 0 radical (unpaired) electrons. The van der Waals surface area contributed by atoms with Crippen LogP contribution in [0, 0.1) is 0 Å². The van der Waals surface area contributed by atoms with Gasteiger partial charge in [-0.05, 0) is 0 Å². The summed E-state index contributed by atoms with van der Waals surface area (Å²) in [5.74, 6) is 0.118. The van der Waals surface area contributed by atoms with Crippen LogP contribution in [0.15, 0.2) is 5.16 Å². The van der Waals surface area contributed by atoms with Gasteiger partial charge in [-0.2, -0.15) is 0 Å². The highest BCUT2D eigenvalue weighted by Crippen LogP contribution is 1.70. The molecule has 0 amide bonds. The molecule has 44 valence electrons. The van der Waals surface area contributed by atoms with E-state index in [0.717, 1.165) is 0 Å². The molecular weight excluding hydrogens is 139 g/mol. The monoisotopic (exact) mass is 144 g/mol. The van der Waals surface area contributed by atoms with Crippen LogP contribution in [0.25, 0.3) is 0 Å². The minimum absolute atomic E-state index is 0. The topological polar surface area (TPSA) is 58.6 Å². The van der Waals surface area contributed by atoms with Gasteiger partial charge >= 0.3 is 0 Å². The number of alkyl halides is 1. The second kappa shape index (κ2) is 5.85. The van der Waals surface area contributed by atoms with Gasteiger partial charge in [-0.15, -0.1) is 24.0 Å². The van der Waals surface area contributed by atoms with Gasteiger partial charge in [0.2, 0.25) is 0 Å². The van der Waals surface area contributed by atoms with Gasteiger partial charge in [0, 0.05) is 0 Å². The predicted molar refractivity (Wildman–Crippen MR) is 31.4 cm³/mol. The van der Waals surface area contributed by atoms with Crippen LogP contribution in [-0.2, 0) is 0 Å². The van der Waals surface area contributed by atoms with E-state index in [9.17, 15) is 0 Å². The summed E-state index contributed by atoms with van der Waals surface area (Å²) in [5, 5.41) is 10.3. The molecular formula is C2H6Cl2N2O. The first-order valence-corrected chi connectivity index (χ1v) is 1.87. The van der Waals surface area contributed by atoms with Crippen LogP contribution < -0.4 is 5.73 Å². The normalized spacial score (nSPS) is 10.1. The first-order chi connectivity index (χ1) is 2.81. The van der Waals surface area contributed by atoms with Crippen LogP contribution in [-0.4, -0.2) is 16.9 Å². The van der Waals surface area contributed by atoms with Crippen molar-refractivity contribution in [3.05, 3.63) is 0 Å². The van der Waals surface area contributed by atoms with Crippen molar-refractivity contribution in [2.24, 2.45) is 10.9 Å². The Labute approximate surface area is 52.5 Å². The van der Waals surface area contributed by atoms with Crippen LogP contribution in [0.5, 0.6) is 0 Å². The highest BCUT2D eigenvalue weighted by Gasteiger charge is 1.80. The van der Waals surface area contributed by atoms with Crippen LogP contribution in [0.3, 0.4) is 0 Å². The molecule has 3 N–H and O–H groups in total. The van der Waals surface area contributed by atoms with E-state index in [0.29, 0.717) is 0 Å². The van der Waals surface area contributed by atoms with Crippen molar-refractivity contribution < 1.29 is 5.21 Å². The average molecular weight is 145 g/mol. The SMILES string of the molecule is Cl.N/C(CCl)=N/O. The molecule has 0 atom stereocenters. The van der Waals surface area contributed by atoms with Gasteiger partial charge in [0.1, 0.15) is 0 Å². The average Bonchev–Trinajstić information content (AvgIpc) is 1.65. The number of nitrogens with zero attached hydrogens (tertiary/aromatic N) is 1. The molecule has 0 aliphatic carbocycles. The standard InChI is InChI=1S/C2H5ClN2O.ClH/c3-1-2(4)5-6;/h6H,1H2,(H2,4,5);1H. The number of hydrogen-bond donors (Lipinski definition) is 2. The Kier molecular flexibility index (Phi) is 8.33. The second-order valence-electron chi connectivity index (χ2n) is 0.725. The number of amidine groups is 1. The third kappa shape index (κ3) is 5.85. The summed E-state index contributed by atoms with van der Waals surface area (Å²) in [6.07, 6.45) is 0. The molecule has 0 saturated heterocycles. The summed E-state index contributed by atoms with van der Waals surface area (Å²) in [5.41, 5.74) is 4.84. The fourth-order valence-corrected chi connectivity index (χ4v) is 0.0802. The molecule has 0 fully saturated rings. The summed E-state index contributed by atoms with van der Waals surface area (Å²) in [4.78, 5) is 0. The lowest BCUT2D eigenvalue weighted by molar-refractivity contribution is 0.318. The number of hydrogen-bond acceptors (Lipinski definition) is 2. The third-order valence-corrected chi connectivity index (χ3v) is 0.539. The molecule has 0 heterocycles. The van der Waals surface area contributed by atoms with Crippen molar-refractivity contribution in [2.45, 2.75) is 0 Å². The number of halogens is 2. The Morgan fingerprint density at radius 3 is 2.29 bits per heavy atom. The van der Waals surface area contributed by atoms with Gasteiger partial charge < -0.3 is 10.9 Å². The van der Waals surface area contributed by atoms with E-state index >= 15 is 0 Å². The summed E-state index contributed by atoms with van der Waals surface area (Å²) < 4.78 is 0. The Morgan fingerprint density at radius 2 is 2.29 bits per heavy atom. The van der Waals surface area contributed by atoms with Gasteiger partial charge in [0.15, 0.2) is 5.84 Å². The molecule has 0 unspecified atom stereocenters. The molecule has 0 aromatic carbocycles. The lowest BCUT2D eigenvalue weighted by Crippen LogP contribution is -2.12. The lowest BCUT2D eigenvalue weighted by atomic mass is 10.7. The van der Waals surface area contributed by atoms with E-state index in [2.05, 4.69) is 5.16 Å². The Bertz CT molecular complexity index is 64.7. The molecule has 0 aromatic rings. The molecule has 0 aromatic heterocycles. The summed E-state index contributed by atoms with van der Waals surface area (Å²) in [6.45, 7) is 0. The van der Waals surface area contributed by atoms with Crippen molar-refractivity contribution in [1.29, 1.82) is 0 Å². The Balaban J connectivity index is 0. The third-order valence-electron chi connectivity index (χ3n) is 0.265. The van der Waals surface area contributed by atoms with Crippen molar-refractivity contribution in [1.82, 2.24) is 0 Å². The van der Waals surface area contributed by atoms with Gasteiger partial charge in [-0.25, -0.2) is 0 Å². The number of rotatable bonds is 1. The van der Waals surface area contributed by atoms with Crippen LogP contribution in [0.4, 0.5) is 0 Å². The molecule has 7 heavy (non-hydrogen) atoms. The zero-order chi connectivity index (χ0) is 4.99. The maximum absolute atomic E-state index is 7.71. The van der Waals surface area contributed by atoms with E-state index in [1.165, 1.54) is 0 Å². The number of oxime groups is 1. The molecule has 0 spiro atoms. The smallest absolute Gasteiger partial charge is 0.154 e. The fraction of sp³-hybridized carbons (Fsp3) is 0.500. The van der Waals surface area contributed by atoms with E-state index in [-0.39, 0.29) is 24.1 Å². The Hall–Kier alpha value is -0.150. The second-order valence-corrected chi connectivity index (χ2v) is 0.992. The zero-order valence-corrected chi connectivity index (χ0v) is 5.04. The van der Waals surface area contributed by atoms with Crippen molar-refractivity contribution in [2.75, 3.05) is 5.88 Å². The zero-order valence-electron chi connectivity index (χ0n) is 3.47. The summed E-state index contributed by atoms with van der Waals surface area (Å²) >= 11 is 5.04. The quantitative estimate of drug-likeness (QED) is 0.184. The van der Waals surface area contributed by atoms with E-state index < -0.39 is 0 Å². The van der Waals surface area contributed by atoms with Crippen molar-refractivity contribution >= 4 is 29.8 Å². The Morgan fingerprint density at radius 1 is 1.86 bits per heavy atom. The highest BCUT2D eigenvalue weighted by atomic mass is 35.5. The first kappa shape index (κ1) is 9.97. The summed E-state index contributed by atoms with van der Waals surface area (Å²) in [6, 6.07) is 0. The summed E-state index contributed by atoms with van der Waals surface area (Å²) in [7, 11) is 0. The number of nitrogens with two attached hydrogens (primary N) is 1. The molecule has 5 heteroatoms. The highest BCUT2D eigenvalue weighted by molar-refractivity contribution is 6.27. The molecule has 3 nitrogen and oxygen atoms in total. The van der Waals surface area contributed by atoms with Gasteiger partial charge in [-0.1, -0.05) is 5.16 Å². The first-order valence-electron chi connectivity index (χ1n) is 1.33. The molecule has 0 aliphatic heterocycles. The van der Waals surface area contributed by atoms with Crippen molar-refractivity contribution in [3.63, 3.8) is 0 Å². The van der Waals surface area contributed by atoms with Gasteiger partial charge in [-0.3, -0.25) is 0 Å². The van der Waals surface area contributed by atoms with Crippen molar-refractivity contribution in [3.8, 4) is 0 Å². The van der Waals surface area contributed by atoms with Crippen LogP contribution in [0.2, 0.25) is 0 Å². The molecule has 0 saturated carbocycles. The molecule has 0 rings (SSSR count). The maximum atomic E-state index is 7.71. The van der Waals surface area contributed by atoms with E-state index in [1.54, 1.807) is 0 Å². The van der Waals surface area contributed by atoms with E-state index in [1.807, 2.05) is 0 Å². The van der Waals surface area contributed by atoms with E-state index in [4.69, 9.17) is 22.5 Å². The van der Waals surface area contributed by atoms with Crippen LogP contribution in [0.1, 0.15) is 0 Å².